The normalized spacial score (nSPS) is 14.0. The van der Waals surface area contributed by atoms with Gasteiger partial charge in [0.25, 0.3) is 0 Å². The number of allylic oxidation sites excluding steroid dienone is 8. The smallest absolute Gasteiger partial charge is 0.457 e. The van der Waals surface area contributed by atoms with Crippen molar-refractivity contribution in [3.8, 4) is 0 Å². The van der Waals surface area contributed by atoms with Gasteiger partial charge in [-0.1, -0.05) is 146 Å². The molecule has 0 rings (SSSR count). The highest BCUT2D eigenvalue weighted by atomic mass is 31.2. The molecule has 298 valence electrons. The van der Waals surface area contributed by atoms with E-state index in [0.29, 0.717) is 13.0 Å². The number of ether oxygens (including phenoxy) is 2. The molecule has 0 saturated heterocycles. The molecule has 9 heteroatoms. The van der Waals surface area contributed by atoms with Crippen molar-refractivity contribution in [2.24, 2.45) is 5.73 Å². The summed E-state index contributed by atoms with van der Waals surface area (Å²) in [7, 11) is -4.28. The molecule has 51 heavy (non-hydrogen) atoms. The van der Waals surface area contributed by atoms with Gasteiger partial charge in [0.2, 0.25) is 0 Å². The lowest BCUT2D eigenvalue weighted by Crippen LogP contribution is -2.28. The van der Waals surface area contributed by atoms with Crippen LogP contribution in [0.25, 0.3) is 0 Å². The second-order valence-electron chi connectivity index (χ2n) is 13.5. The van der Waals surface area contributed by atoms with Crippen molar-refractivity contribution in [2.45, 2.75) is 180 Å². The summed E-state index contributed by atoms with van der Waals surface area (Å²) in [4.78, 5) is 22.4. The molecule has 3 N–H and O–H groups in total. The maximum atomic E-state index is 12.5. The van der Waals surface area contributed by atoms with Crippen LogP contribution in [0, 0.1) is 0 Å². The lowest BCUT2D eigenvalue weighted by molar-refractivity contribution is -0.154. The predicted octanol–water partition coefficient (Wildman–Crippen LogP) is 12.0. The first-order chi connectivity index (χ1) is 24.9. The van der Waals surface area contributed by atoms with Gasteiger partial charge in [-0.2, -0.15) is 0 Å². The highest BCUT2D eigenvalue weighted by Gasteiger charge is 2.25. The molecule has 0 aliphatic rings. The van der Waals surface area contributed by atoms with E-state index in [-0.39, 0.29) is 32.3 Å². The van der Waals surface area contributed by atoms with Gasteiger partial charge in [-0.05, 0) is 70.6 Å². The highest BCUT2D eigenvalue weighted by Crippen LogP contribution is 2.43. The maximum Gasteiger partial charge on any atom is 0.472 e. The van der Waals surface area contributed by atoms with E-state index in [4.69, 9.17) is 24.3 Å². The van der Waals surface area contributed by atoms with Gasteiger partial charge < -0.3 is 20.1 Å². The Morgan fingerprint density at radius 2 is 1.10 bits per heavy atom. The fourth-order valence-electron chi connectivity index (χ4n) is 5.48. The molecule has 2 atom stereocenters. The lowest BCUT2D eigenvalue weighted by Gasteiger charge is -2.20. The molecule has 0 saturated carbocycles. The van der Waals surface area contributed by atoms with Crippen molar-refractivity contribution in [1.29, 1.82) is 0 Å². The highest BCUT2D eigenvalue weighted by molar-refractivity contribution is 7.47. The summed E-state index contributed by atoms with van der Waals surface area (Å²) in [6.07, 6.45) is 45.5. The average Bonchev–Trinajstić information content (AvgIpc) is 3.12. The van der Waals surface area contributed by atoms with Crippen LogP contribution in [0.1, 0.15) is 174 Å². The Bertz CT molecular complexity index is 921. The van der Waals surface area contributed by atoms with Crippen LogP contribution < -0.4 is 5.73 Å². The molecule has 8 nitrogen and oxygen atoms in total. The number of rotatable bonds is 39. The van der Waals surface area contributed by atoms with E-state index in [1.165, 1.54) is 83.5 Å². The minimum Gasteiger partial charge on any atom is -0.457 e. The van der Waals surface area contributed by atoms with Gasteiger partial charge in [0.05, 0.1) is 19.8 Å². The fourth-order valence-corrected chi connectivity index (χ4v) is 6.24. The zero-order valence-electron chi connectivity index (χ0n) is 32.8. The molecule has 0 bridgehead atoms. The quantitative estimate of drug-likeness (QED) is 0.0277. The van der Waals surface area contributed by atoms with Gasteiger partial charge in [-0.25, -0.2) is 4.57 Å². The monoisotopic (exact) mass is 740 g/mol. The van der Waals surface area contributed by atoms with Crippen LogP contribution in [-0.4, -0.2) is 49.9 Å². The molecule has 0 aromatic heterocycles. The van der Waals surface area contributed by atoms with Gasteiger partial charge in [-0.3, -0.25) is 13.8 Å². The standard InChI is InChI=1S/C42H78NO7P/c1-3-5-7-9-11-13-15-17-19-20-22-24-26-28-30-32-34-37-47-39-41(40-49-51(45,46)48-38-36-43)50-42(44)35-33-31-29-27-25-23-21-18-16-14-12-10-8-6-4-2/h6,8,12,14,18-21,41H,3-5,7,9-11,13,15-17,22-40,43H2,1-2H3,(H,45,46)/b8-6-,14-12-,20-19-,21-18-. The van der Waals surface area contributed by atoms with E-state index in [0.717, 1.165) is 70.6 Å². The molecule has 0 aliphatic carbocycles. The molecule has 0 aromatic rings. The van der Waals surface area contributed by atoms with Crippen LogP contribution in [0.3, 0.4) is 0 Å². The van der Waals surface area contributed by atoms with E-state index in [2.05, 4.69) is 62.5 Å². The Hall–Kier alpha value is -1.54. The Morgan fingerprint density at radius 3 is 1.67 bits per heavy atom. The van der Waals surface area contributed by atoms with E-state index < -0.39 is 13.9 Å². The Labute approximate surface area is 313 Å². The SMILES string of the molecule is CC/C=C\C/C=C\C/C=C\CCCCCCCC(=O)OC(COCCCCCCCC/C=C\CCCCCCCCC)COP(=O)(O)OCCN. The third-order valence-corrected chi connectivity index (χ3v) is 9.46. The first-order valence-corrected chi connectivity index (χ1v) is 22.1. The summed E-state index contributed by atoms with van der Waals surface area (Å²) >= 11 is 0. The van der Waals surface area contributed by atoms with E-state index in [9.17, 15) is 14.3 Å². The molecule has 0 amide bonds. The molecule has 0 radical (unpaired) electrons. The number of hydrogen-bond donors (Lipinski definition) is 2. The fraction of sp³-hybridized carbons (Fsp3) is 0.786. The average molecular weight is 740 g/mol. The zero-order chi connectivity index (χ0) is 37.4. The van der Waals surface area contributed by atoms with Crippen molar-refractivity contribution in [3.05, 3.63) is 48.6 Å². The van der Waals surface area contributed by atoms with Crippen LogP contribution in [0.15, 0.2) is 48.6 Å². The summed E-state index contributed by atoms with van der Waals surface area (Å²) in [6, 6.07) is 0. The van der Waals surface area contributed by atoms with Crippen molar-refractivity contribution in [1.82, 2.24) is 0 Å². The van der Waals surface area contributed by atoms with Crippen LogP contribution in [0.4, 0.5) is 0 Å². The minimum absolute atomic E-state index is 0.0948. The van der Waals surface area contributed by atoms with Crippen molar-refractivity contribution >= 4 is 13.8 Å². The lowest BCUT2D eigenvalue weighted by atomic mass is 10.1. The molecule has 2 unspecified atom stereocenters. The third kappa shape index (κ3) is 39.5. The number of phosphoric ester groups is 1. The van der Waals surface area contributed by atoms with Crippen LogP contribution in [-0.2, 0) is 27.9 Å². The van der Waals surface area contributed by atoms with Crippen LogP contribution in [0.2, 0.25) is 0 Å². The number of carbonyl (C=O) groups is 1. The number of hydrogen-bond acceptors (Lipinski definition) is 7. The van der Waals surface area contributed by atoms with Gasteiger partial charge in [0.1, 0.15) is 6.10 Å². The predicted molar refractivity (Wildman–Crippen MR) is 215 cm³/mol. The minimum atomic E-state index is -4.28. The largest absolute Gasteiger partial charge is 0.472 e. The third-order valence-electron chi connectivity index (χ3n) is 8.48. The zero-order valence-corrected chi connectivity index (χ0v) is 33.7. The second kappa shape index (κ2) is 39.7. The molecule has 0 fully saturated rings. The maximum absolute atomic E-state index is 12.5. The molecule has 0 aliphatic heterocycles. The number of phosphoric acid groups is 1. The first kappa shape index (κ1) is 49.5. The summed E-state index contributed by atoms with van der Waals surface area (Å²) in [6.45, 7) is 4.77. The first-order valence-electron chi connectivity index (χ1n) is 20.6. The molecule has 0 spiro atoms. The number of unbranched alkanes of at least 4 members (excludes halogenated alkanes) is 18. The van der Waals surface area contributed by atoms with Gasteiger partial charge in [-0.15, -0.1) is 0 Å². The molecule has 0 heterocycles. The topological polar surface area (TPSA) is 117 Å². The summed E-state index contributed by atoms with van der Waals surface area (Å²) < 4.78 is 33.4. The van der Waals surface area contributed by atoms with Crippen LogP contribution >= 0.6 is 7.82 Å². The summed E-state index contributed by atoms with van der Waals surface area (Å²) in [5, 5.41) is 0. The van der Waals surface area contributed by atoms with Crippen molar-refractivity contribution in [2.75, 3.05) is 33.0 Å². The second-order valence-corrected chi connectivity index (χ2v) is 14.9. The van der Waals surface area contributed by atoms with Gasteiger partial charge in [0, 0.05) is 19.6 Å². The van der Waals surface area contributed by atoms with Gasteiger partial charge in [0.15, 0.2) is 0 Å². The van der Waals surface area contributed by atoms with E-state index in [1.807, 2.05) is 0 Å². The van der Waals surface area contributed by atoms with Crippen molar-refractivity contribution in [3.63, 3.8) is 0 Å². The van der Waals surface area contributed by atoms with E-state index >= 15 is 0 Å². The Morgan fingerprint density at radius 1 is 0.608 bits per heavy atom. The number of carbonyl (C=O) groups excluding carboxylic acids is 1. The van der Waals surface area contributed by atoms with Crippen LogP contribution in [0.5, 0.6) is 0 Å². The number of nitrogens with two attached hydrogens (primary N) is 1. The summed E-state index contributed by atoms with van der Waals surface area (Å²) in [5.41, 5.74) is 5.36. The molecule has 0 aromatic carbocycles. The molecular weight excluding hydrogens is 661 g/mol. The van der Waals surface area contributed by atoms with Crippen molar-refractivity contribution < 1.29 is 32.8 Å². The Kier molecular flexibility index (Phi) is 38.5. The Balaban J connectivity index is 4.09. The van der Waals surface area contributed by atoms with Gasteiger partial charge >= 0.3 is 13.8 Å². The van der Waals surface area contributed by atoms with E-state index in [1.54, 1.807) is 0 Å². The summed E-state index contributed by atoms with van der Waals surface area (Å²) in [5.74, 6) is -0.350. The molecular formula is C42H78NO7P. The number of esters is 1.